The zero-order valence-corrected chi connectivity index (χ0v) is 10.9. The Balaban J connectivity index is 2.18. The van der Waals surface area contributed by atoms with Crippen molar-refractivity contribution in [3.8, 4) is 11.5 Å². The lowest BCUT2D eigenvalue weighted by atomic mass is 10.1. The SMILES string of the molecule is COc1cc(/C=C/c2ccc(C(=O)O)cc2)ccc1O. The molecule has 20 heavy (non-hydrogen) atoms. The van der Waals surface area contributed by atoms with Gasteiger partial charge in [-0.2, -0.15) is 0 Å². The number of hydrogen-bond acceptors (Lipinski definition) is 3. The Morgan fingerprint density at radius 1 is 1.05 bits per heavy atom. The first-order valence-electron chi connectivity index (χ1n) is 5.98. The van der Waals surface area contributed by atoms with Crippen LogP contribution in [0.15, 0.2) is 42.5 Å². The maximum atomic E-state index is 10.7. The van der Waals surface area contributed by atoms with E-state index in [-0.39, 0.29) is 11.3 Å². The summed E-state index contributed by atoms with van der Waals surface area (Å²) in [5.74, 6) is -0.437. The largest absolute Gasteiger partial charge is 0.504 e. The third-order valence-corrected chi connectivity index (χ3v) is 2.83. The molecule has 0 fully saturated rings. The van der Waals surface area contributed by atoms with Crippen LogP contribution in [0.5, 0.6) is 11.5 Å². The molecule has 0 unspecified atom stereocenters. The molecule has 0 radical (unpaired) electrons. The lowest BCUT2D eigenvalue weighted by Gasteiger charge is -2.03. The number of carboxylic acids is 1. The molecule has 0 saturated heterocycles. The second kappa shape index (κ2) is 5.93. The lowest BCUT2D eigenvalue weighted by Crippen LogP contribution is -1.94. The average Bonchev–Trinajstić information content (AvgIpc) is 2.46. The normalized spacial score (nSPS) is 10.7. The van der Waals surface area contributed by atoms with Crippen LogP contribution < -0.4 is 4.74 Å². The second-order valence-corrected chi connectivity index (χ2v) is 4.19. The fourth-order valence-corrected chi connectivity index (χ4v) is 1.73. The molecule has 2 aromatic rings. The van der Waals surface area contributed by atoms with E-state index in [2.05, 4.69) is 0 Å². The van der Waals surface area contributed by atoms with Crippen molar-refractivity contribution in [3.63, 3.8) is 0 Å². The summed E-state index contributed by atoms with van der Waals surface area (Å²) in [6.07, 6.45) is 3.72. The van der Waals surface area contributed by atoms with Crippen LogP contribution in [-0.2, 0) is 0 Å². The Morgan fingerprint density at radius 2 is 1.65 bits per heavy atom. The van der Waals surface area contributed by atoms with Crippen molar-refractivity contribution in [3.05, 3.63) is 59.2 Å². The van der Waals surface area contributed by atoms with Gasteiger partial charge in [-0.15, -0.1) is 0 Å². The van der Waals surface area contributed by atoms with Crippen LogP contribution in [0, 0.1) is 0 Å². The highest BCUT2D eigenvalue weighted by molar-refractivity contribution is 5.88. The molecule has 0 aliphatic rings. The van der Waals surface area contributed by atoms with Gasteiger partial charge in [-0.1, -0.05) is 30.4 Å². The maximum Gasteiger partial charge on any atom is 0.335 e. The minimum Gasteiger partial charge on any atom is -0.504 e. The van der Waals surface area contributed by atoms with Crippen LogP contribution in [0.1, 0.15) is 21.5 Å². The molecular formula is C16H14O4. The highest BCUT2D eigenvalue weighted by Crippen LogP contribution is 2.27. The Morgan fingerprint density at radius 3 is 2.25 bits per heavy atom. The highest BCUT2D eigenvalue weighted by Gasteiger charge is 2.01. The number of phenols is 1. The second-order valence-electron chi connectivity index (χ2n) is 4.19. The smallest absolute Gasteiger partial charge is 0.335 e. The van der Waals surface area contributed by atoms with E-state index in [0.717, 1.165) is 11.1 Å². The zero-order valence-electron chi connectivity index (χ0n) is 10.9. The molecule has 102 valence electrons. The van der Waals surface area contributed by atoms with E-state index < -0.39 is 5.97 Å². The van der Waals surface area contributed by atoms with Gasteiger partial charge in [-0.25, -0.2) is 4.79 Å². The number of rotatable bonds is 4. The van der Waals surface area contributed by atoms with Gasteiger partial charge in [-0.3, -0.25) is 0 Å². The Hall–Kier alpha value is -2.75. The molecule has 0 saturated carbocycles. The maximum absolute atomic E-state index is 10.7. The van der Waals surface area contributed by atoms with Crippen molar-refractivity contribution in [1.82, 2.24) is 0 Å². The summed E-state index contributed by atoms with van der Waals surface area (Å²) in [4.78, 5) is 10.7. The fraction of sp³-hybridized carbons (Fsp3) is 0.0625. The van der Waals surface area contributed by atoms with E-state index in [1.165, 1.54) is 7.11 Å². The summed E-state index contributed by atoms with van der Waals surface area (Å²) in [7, 11) is 1.49. The van der Waals surface area contributed by atoms with Crippen LogP contribution in [0.4, 0.5) is 0 Å². The van der Waals surface area contributed by atoms with Crippen LogP contribution in [0.2, 0.25) is 0 Å². The number of ether oxygens (including phenoxy) is 1. The Labute approximate surface area is 116 Å². The van der Waals surface area contributed by atoms with E-state index >= 15 is 0 Å². The van der Waals surface area contributed by atoms with E-state index in [9.17, 15) is 9.90 Å². The first-order valence-corrected chi connectivity index (χ1v) is 5.98. The lowest BCUT2D eigenvalue weighted by molar-refractivity contribution is 0.0697. The number of methoxy groups -OCH3 is 1. The molecule has 0 atom stereocenters. The van der Waals surface area contributed by atoms with Gasteiger partial charge in [-0.05, 0) is 35.4 Å². The van der Waals surface area contributed by atoms with Crippen LogP contribution >= 0.6 is 0 Å². The van der Waals surface area contributed by atoms with Crippen LogP contribution in [0.3, 0.4) is 0 Å². The Kier molecular flexibility index (Phi) is 4.05. The van der Waals surface area contributed by atoms with Crippen molar-refractivity contribution < 1.29 is 19.7 Å². The number of aromatic carboxylic acids is 1. The molecule has 0 aromatic heterocycles. The Bertz CT molecular complexity index is 642. The van der Waals surface area contributed by atoms with E-state index in [0.29, 0.717) is 5.75 Å². The standard InChI is InChI=1S/C16H14O4/c1-20-15-10-12(6-9-14(15)17)3-2-11-4-7-13(8-5-11)16(18)19/h2-10,17H,1H3,(H,18,19)/b3-2+. The number of aromatic hydroxyl groups is 1. The number of hydrogen-bond donors (Lipinski definition) is 2. The average molecular weight is 270 g/mol. The molecule has 2 N–H and O–H groups in total. The molecular weight excluding hydrogens is 256 g/mol. The summed E-state index contributed by atoms with van der Waals surface area (Å²) >= 11 is 0. The van der Waals surface area contributed by atoms with Gasteiger partial charge >= 0.3 is 5.97 Å². The molecule has 0 amide bonds. The van der Waals surface area contributed by atoms with Crippen LogP contribution in [-0.4, -0.2) is 23.3 Å². The monoisotopic (exact) mass is 270 g/mol. The van der Waals surface area contributed by atoms with Crippen molar-refractivity contribution >= 4 is 18.1 Å². The summed E-state index contributed by atoms with van der Waals surface area (Å²) in [5.41, 5.74) is 2.03. The van der Waals surface area contributed by atoms with E-state index in [1.54, 1.807) is 42.5 Å². The molecule has 2 rings (SSSR count). The van der Waals surface area contributed by atoms with Gasteiger partial charge in [0, 0.05) is 0 Å². The van der Waals surface area contributed by atoms with Gasteiger partial charge in [0.25, 0.3) is 0 Å². The minimum absolute atomic E-state index is 0.0930. The molecule has 2 aromatic carbocycles. The number of carboxylic acid groups (broad SMARTS) is 1. The summed E-state index contributed by atoms with van der Waals surface area (Å²) in [5, 5.41) is 18.3. The number of phenolic OH excluding ortho intramolecular Hbond substituents is 1. The molecule has 4 nitrogen and oxygen atoms in total. The van der Waals surface area contributed by atoms with Crippen molar-refractivity contribution in [2.24, 2.45) is 0 Å². The summed E-state index contributed by atoms with van der Waals surface area (Å²) in [6, 6.07) is 11.6. The third kappa shape index (κ3) is 3.17. The predicted molar refractivity (Wildman–Crippen MR) is 77.0 cm³/mol. The van der Waals surface area contributed by atoms with Crippen LogP contribution in [0.25, 0.3) is 12.2 Å². The fourth-order valence-electron chi connectivity index (χ4n) is 1.73. The molecule has 0 spiro atoms. The minimum atomic E-state index is -0.941. The molecule has 0 aliphatic heterocycles. The van der Waals surface area contributed by atoms with Crippen molar-refractivity contribution in [2.75, 3.05) is 7.11 Å². The van der Waals surface area contributed by atoms with Gasteiger partial charge < -0.3 is 14.9 Å². The zero-order chi connectivity index (χ0) is 14.5. The molecule has 0 aliphatic carbocycles. The molecule has 4 heteroatoms. The quantitative estimate of drug-likeness (QED) is 0.837. The van der Waals surface area contributed by atoms with Gasteiger partial charge in [0.2, 0.25) is 0 Å². The number of benzene rings is 2. The summed E-state index contributed by atoms with van der Waals surface area (Å²) in [6.45, 7) is 0. The topological polar surface area (TPSA) is 66.8 Å². The van der Waals surface area contributed by atoms with E-state index in [1.807, 2.05) is 12.2 Å². The number of carbonyl (C=O) groups is 1. The molecule has 0 bridgehead atoms. The first kappa shape index (κ1) is 13.7. The van der Waals surface area contributed by atoms with Gasteiger partial charge in [0.05, 0.1) is 12.7 Å². The van der Waals surface area contributed by atoms with Gasteiger partial charge in [0.1, 0.15) is 0 Å². The van der Waals surface area contributed by atoms with Crippen molar-refractivity contribution in [2.45, 2.75) is 0 Å². The molecule has 0 heterocycles. The van der Waals surface area contributed by atoms with Crippen molar-refractivity contribution in [1.29, 1.82) is 0 Å². The van der Waals surface area contributed by atoms with Gasteiger partial charge in [0.15, 0.2) is 11.5 Å². The highest BCUT2D eigenvalue weighted by atomic mass is 16.5. The van der Waals surface area contributed by atoms with E-state index in [4.69, 9.17) is 9.84 Å². The third-order valence-electron chi connectivity index (χ3n) is 2.83. The first-order chi connectivity index (χ1) is 9.60. The predicted octanol–water partition coefficient (Wildman–Crippen LogP) is 3.27. The summed E-state index contributed by atoms with van der Waals surface area (Å²) < 4.78 is 5.03.